The van der Waals surface area contributed by atoms with Gasteiger partial charge in [-0.15, -0.1) is 0 Å². The van der Waals surface area contributed by atoms with Gasteiger partial charge in [0.25, 0.3) is 0 Å². The van der Waals surface area contributed by atoms with Gasteiger partial charge in [-0.05, 0) is 43.5 Å². The van der Waals surface area contributed by atoms with Crippen LogP contribution < -0.4 is 9.47 Å². The van der Waals surface area contributed by atoms with Gasteiger partial charge in [-0.25, -0.2) is 0 Å². The molecule has 0 aliphatic carbocycles. The van der Waals surface area contributed by atoms with Crippen LogP contribution in [0.15, 0.2) is 46.4 Å². The van der Waals surface area contributed by atoms with Gasteiger partial charge < -0.3 is 19.7 Å². The molecule has 0 radical (unpaired) electrons. The van der Waals surface area contributed by atoms with E-state index >= 15 is 0 Å². The van der Waals surface area contributed by atoms with Gasteiger partial charge in [-0.3, -0.25) is 9.98 Å². The number of aromatic hydroxyl groups is 2. The Hall–Kier alpha value is -3.02. The van der Waals surface area contributed by atoms with Gasteiger partial charge in [0.05, 0.1) is 13.2 Å². The Kier molecular flexibility index (Phi) is 22.2. The molecule has 252 valence electrons. The molecule has 45 heavy (non-hydrogen) atoms. The summed E-state index contributed by atoms with van der Waals surface area (Å²) in [6.07, 6.45) is 27.3. The molecule has 6 nitrogen and oxygen atoms in total. The summed E-state index contributed by atoms with van der Waals surface area (Å²) in [5.41, 5.74) is 1.36. The lowest BCUT2D eigenvalue weighted by Gasteiger charge is -2.08. The SMILES string of the molecule is CCCCCCCCCCCOc1ccc(C=NCCCN=Cc2ccc(OCCCCCCCCCCC)cc2O)c(O)c1. The van der Waals surface area contributed by atoms with Crippen LogP contribution in [0.4, 0.5) is 0 Å². The smallest absolute Gasteiger partial charge is 0.128 e. The fraction of sp³-hybridized carbons (Fsp3) is 0.641. The van der Waals surface area contributed by atoms with Crippen molar-refractivity contribution >= 4 is 12.4 Å². The maximum Gasteiger partial charge on any atom is 0.128 e. The Labute approximate surface area is 274 Å². The molecule has 0 saturated heterocycles. The largest absolute Gasteiger partial charge is 0.507 e. The third-order valence-corrected chi connectivity index (χ3v) is 8.07. The summed E-state index contributed by atoms with van der Waals surface area (Å²) in [5.74, 6) is 1.75. The number of hydrogen-bond acceptors (Lipinski definition) is 6. The normalized spacial score (nSPS) is 11.6. The molecule has 0 aliphatic heterocycles. The summed E-state index contributed by atoms with van der Waals surface area (Å²) >= 11 is 0. The zero-order valence-electron chi connectivity index (χ0n) is 28.5. The van der Waals surface area contributed by atoms with Crippen molar-refractivity contribution in [1.82, 2.24) is 0 Å². The van der Waals surface area contributed by atoms with E-state index in [-0.39, 0.29) is 11.5 Å². The average Bonchev–Trinajstić information content (AvgIpc) is 3.04. The first-order chi connectivity index (χ1) is 22.1. The van der Waals surface area contributed by atoms with Gasteiger partial charge >= 0.3 is 0 Å². The first-order valence-corrected chi connectivity index (χ1v) is 18.0. The highest BCUT2D eigenvalue weighted by atomic mass is 16.5. The van der Waals surface area contributed by atoms with Crippen molar-refractivity contribution in [1.29, 1.82) is 0 Å². The van der Waals surface area contributed by atoms with E-state index in [2.05, 4.69) is 23.8 Å². The number of nitrogens with zero attached hydrogens (tertiary/aromatic N) is 2. The number of aliphatic imine (C=N–C) groups is 2. The van der Waals surface area contributed by atoms with Crippen molar-refractivity contribution in [3.8, 4) is 23.0 Å². The summed E-state index contributed by atoms with van der Waals surface area (Å²) in [7, 11) is 0. The molecule has 0 saturated carbocycles. The van der Waals surface area contributed by atoms with Crippen molar-refractivity contribution in [2.75, 3.05) is 26.3 Å². The van der Waals surface area contributed by atoms with E-state index in [1.54, 1.807) is 24.6 Å². The summed E-state index contributed by atoms with van der Waals surface area (Å²) in [4.78, 5) is 8.87. The molecule has 2 rings (SSSR count). The molecular weight excluding hydrogens is 560 g/mol. The predicted molar refractivity (Wildman–Crippen MR) is 191 cm³/mol. The summed E-state index contributed by atoms with van der Waals surface area (Å²) < 4.78 is 11.6. The lowest BCUT2D eigenvalue weighted by atomic mass is 10.1. The Bertz CT molecular complexity index is 986. The topological polar surface area (TPSA) is 83.6 Å². The zero-order chi connectivity index (χ0) is 32.2. The lowest BCUT2D eigenvalue weighted by molar-refractivity contribution is 0.302. The molecule has 0 heterocycles. The molecule has 0 spiro atoms. The van der Waals surface area contributed by atoms with Crippen LogP contribution in [-0.2, 0) is 0 Å². The molecule has 0 amide bonds. The number of rotatable bonds is 28. The van der Waals surface area contributed by atoms with Gasteiger partial charge in [0.1, 0.15) is 23.0 Å². The summed E-state index contributed by atoms with van der Waals surface area (Å²) in [6, 6.07) is 10.8. The highest BCUT2D eigenvalue weighted by Crippen LogP contribution is 2.24. The van der Waals surface area contributed by atoms with Gasteiger partial charge in [-0.1, -0.05) is 117 Å². The summed E-state index contributed by atoms with van der Waals surface area (Å²) in [6.45, 7) is 7.07. The summed E-state index contributed by atoms with van der Waals surface area (Å²) in [5, 5.41) is 20.7. The van der Waals surface area contributed by atoms with E-state index in [1.807, 2.05) is 24.3 Å². The van der Waals surface area contributed by atoms with Crippen molar-refractivity contribution in [2.24, 2.45) is 9.98 Å². The van der Waals surface area contributed by atoms with Crippen LogP contribution in [0.1, 0.15) is 147 Å². The molecule has 0 fully saturated rings. The number of ether oxygens (including phenoxy) is 2. The monoisotopic (exact) mass is 622 g/mol. The van der Waals surface area contributed by atoms with Gasteiger partial charge in [0.15, 0.2) is 0 Å². The Morgan fingerprint density at radius 1 is 0.489 bits per heavy atom. The minimum absolute atomic E-state index is 0.178. The molecule has 2 aromatic carbocycles. The Morgan fingerprint density at radius 2 is 0.844 bits per heavy atom. The molecule has 2 N–H and O–H groups in total. The molecular formula is C39H62N2O4. The molecule has 0 atom stereocenters. The highest BCUT2D eigenvalue weighted by molar-refractivity contribution is 5.84. The van der Waals surface area contributed by atoms with E-state index in [0.29, 0.717) is 48.9 Å². The van der Waals surface area contributed by atoms with Gasteiger partial charge in [0.2, 0.25) is 0 Å². The van der Waals surface area contributed by atoms with E-state index < -0.39 is 0 Å². The van der Waals surface area contributed by atoms with Crippen molar-refractivity contribution in [3.63, 3.8) is 0 Å². The minimum Gasteiger partial charge on any atom is -0.507 e. The van der Waals surface area contributed by atoms with E-state index in [4.69, 9.17) is 9.47 Å². The van der Waals surface area contributed by atoms with Crippen LogP contribution in [0, 0.1) is 0 Å². The third-order valence-electron chi connectivity index (χ3n) is 8.07. The molecule has 6 heteroatoms. The quantitative estimate of drug-likeness (QED) is 0.0730. The standard InChI is InChI=1S/C39H62N2O4/c1-3-5-7-9-11-13-15-17-19-28-44-36-24-22-34(38(42)30-36)32-40-26-21-27-41-33-35-23-25-37(31-39(35)43)45-29-20-18-16-14-12-10-8-6-4-2/h22-25,30-33,42-43H,3-21,26-29H2,1-2H3. The average molecular weight is 623 g/mol. The fourth-order valence-electron chi connectivity index (χ4n) is 5.23. The lowest BCUT2D eigenvalue weighted by Crippen LogP contribution is -1.98. The molecule has 0 aromatic heterocycles. The first-order valence-electron chi connectivity index (χ1n) is 18.0. The maximum absolute atomic E-state index is 10.4. The minimum atomic E-state index is 0.178. The highest BCUT2D eigenvalue weighted by Gasteiger charge is 2.03. The van der Waals surface area contributed by atoms with Gasteiger partial charge in [0, 0.05) is 48.8 Å². The first kappa shape index (κ1) is 38.2. The molecule has 0 unspecified atom stereocenters. The van der Waals surface area contributed by atoms with Crippen LogP contribution in [0.25, 0.3) is 0 Å². The third kappa shape index (κ3) is 19.2. The van der Waals surface area contributed by atoms with Crippen LogP contribution >= 0.6 is 0 Å². The van der Waals surface area contributed by atoms with Gasteiger partial charge in [-0.2, -0.15) is 0 Å². The predicted octanol–water partition coefficient (Wildman–Crippen LogP) is 10.8. The van der Waals surface area contributed by atoms with Crippen LogP contribution in [-0.4, -0.2) is 48.9 Å². The van der Waals surface area contributed by atoms with Crippen LogP contribution in [0.2, 0.25) is 0 Å². The van der Waals surface area contributed by atoms with Crippen molar-refractivity contribution in [2.45, 2.75) is 136 Å². The van der Waals surface area contributed by atoms with Crippen molar-refractivity contribution < 1.29 is 19.7 Å². The second-order valence-electron chi connectivity index (χ2n) is 12.2. The van der Waals surface area contributed by atoms with E-state index in [9.17, 15) is 10.2 Å². The fourth-order valence-corrected chi connectivity index (χ4v) is 5.23. The molecule has 2 aromatic rings. The van der Waals surface area contributed by atoms with E-state index in [0.717, 1.165) is 19.3 Å². The number of benzene rings is 2. The Morgan fingerprint density at radius 3 is 1.20 bits per heavy atom. The Balaban J connectivity index is 1.55. The number of phenolic OH excluding ortho intramolecular Hbond substituents is 2. The molecule has 0 aliphatic rings. The number of unbranched alkanes of at least 4 members (excludes halogenated alkanes) is 16. The zero-order valence-corrected chi connectivity index (χ0v) is 28.5. The number of hydrogen-bond donors (Lipinski definition) is 2. The van der Waals surface area contributed by atoms with Crippen molar-refractivity contribution in [3.05, 3.63) is 47.5 Å². The van der Waals surface area contributed by atoms with E-state index in [1.165, 1.54) is 103 Å². The molecule has 0 bridgehead atoms. The van der Waals surface area contributed by atoms with Crippen LogP contribution in [0.3, 0.4) is 0 Å². The second-order valence-corrected chi connectivity index (χ2v) is 12.2. The van der Waals surface area contributed by atoms with Crippen LogP contribution in [0.5, 0.6) is 23.0 Å². The number of phenols is 2. The maximum atomic E-state index is 10.4. The second kappa shape index (κ2) is 26.2.